The molecule has 13 heavy (non-hydrogen) atoms. The summed E-state index contributed by atoms with van der Waals surface area (Å²) in [5.41, 5.74) is 0. The third kappa shape index (κ3) is 6.52. The minimum Gasteiger partial charge on any atom is -0.300 e. The van der Waals surface area contributed by atoms with Gasteiger partial charge in [0.05, 0.1) is 0 Å². The molecule has 0 aliphatic carbocycles. The molecular formula is C10H12NdOS. The van der Waals surface area contributed by atoms with Gasteiger partial charge in [0.25, 0.3) is 0 Å². The van der Waals surface area contributed by atoms with Crippen LogP contribution in [-0.2, 0) is 4.79 Å². The van der Waals surface area contributed by atoms with Crippen LogP contribution in [0, 0.1) is 40.8 Å². The van der Waals surface area contributed by atoms with E-state index < -0.39 is 0 Å². The van der Waals surface area contributed by atoms with Gasteiger partial charge in [0, 0.05) is 47.3 Å². The van der Waals surface area contributed by atoms with Crippen molar-refractivity contribution in [2.24, 2.45) is 0 Å². The summed E-state index contributed by atoms with van der Waals surface area (Å²) in [5, 5.41) is 1.98. The van der Waals surface area contributed by atoms with Crippen LogP contribution in [-0.4, -0.2) is 11.2 Å². The van der Waals surface area contributed by atoms with Gasteiger partial charge in [0.1, 0.15) is 5.78 Å². The van der Waals surface area contributed by atoms with E-state index in [4.69, 9.17) is 0 Å². The molecule has 1 rings (SSSR count). The summed E-state index contributed by atoms with van der Waals surface area (Å²) in [5.74, 6) is 0.221. The third-order valence-electron chi connectivity index (χ3n) is 1.38. The summed E-state index contributed by atoms with van der Waals surface area (Å²) in [6.07, 6.45) is 0.566. The maximum absolute atomic E-state index is 10.6. The molecule has 0 radical (unpaired) electrons. The number of carbonyl (C=O) groups excluding carboxylic acids is 1. The Hall–Kier alpha value is 0.461. The maximum Gasteiger partial charge on any atom is 0.134 e. The molecule has 1 nitrogen and oxygen atoms in total. The van der Waals surface area contributed by atoms with Gasteiger partial charge < -0.3 is 0 Å². The molecule has 0 aromatic heterocycles. The molecule has 0 N–H and O–H groups in total. The van der Waals surface area contributed by atoms with E-state index >= 15 is 0 Å². The predicted octanol–water partition coefficient (Wildman–Crippen LogP) is 2.29. The van der Waals surface area contributed by atoms with Crippen LogP contribution in [0.3, 0.4) is 0 Å². The summed E-state index contributed by atoms with van der Waals surface area (Å²) < 4.78 is 0. The van der Waals surface area contributed by atoms with Gasteiger partial charge in [-0.2, -0.15) is 11.4 Å². The minimum atomic E-state index is 0. The zero-order valence-electron chi connectivity index (χ0n) is 7.53. The van der Waals surface area contributed by atoms with Gasteiger partial charge in [-0.15, -0.1) is 0 Å². The first-order valence-electron chi connectivity index (χ1n) is 3.86. The number of hydrogen-bond donors (Lipinski definition) is 1. The van der Waals surface area contributed by atoms with Crippen molar-refractivity contribution in [3.8, 4) is 0 Å². The van der Waals surface area contributed by atoms with Crippen LogP contribution < -0.4 is 0 Å². The molecule has 0 amide bonds. The Labute approximate surface area is 115 Å². The molecule has 0 spiro atoms. The number of rotatable bonds is 3. The fourth-order valence-electron chi connectivity index (χ4n) is 0.794. The number of Topliss-reactive ketones (excluding diaryl/α,β-unsaturated/α-hetero) is 1. The number of carbonyl (C=O) groups is 1. The standard InChI is InChI=1S/C10H12OS.Nd/c1-9(11)7-8-12-10-5-3-2-4-6-10;/h2-6,8,12H,7H2,1H3;. The molecule has 0 atom stereocenters. The first kappa shape index (κ1) is 13.5. The number of thiol groups is 1. The molecule has 3 heteroatoms. The minimum absolute atomic E-state index is 0. The largest absolute Gasteiger partial charge is 0.300 e. The summed E-state index contributed by atoms with van der Waals surface area (Å²) in [6, 6.07) is 10.1. The summed E-state index contributed by atoms with van der Waals surface area (Å²) >= 11 is 1.13. The Morgan fingerprint density at radius 2 is 2.00 bits per heavy atom. The molecule has 0 saturated heterocycles. The monoisotopic (exact) mass is 322 g/mol. The fourth-order valence-corrected chi connectivity index (χ4v) is 1.70. The van der Waals surface area contributed by atoms with E-state index in [1.165, 1.54) is 4.90 Å². The molecule has 0 aliphatic heterocycles. The van der Waals surface area contributed by atoms with Gasteiger partial charge in [-0.3, -0.25) is 4.79 Å². The summed E-state index contributed by atoms with van der Waals surface area (Å²) in [6.45, 7) is 1.61. The molecule has 1 aromatic carbocycles. The van der Waals surface area contributed by atoms with Crippen molar-refractivity contribution in [1.29, 1.82) is 0 Å². The van der Waals surface area contributed by atoms with E-state index in [-0.39, 0.29) is 46.6 Å². The molecule has 0 aliphatic rings. The number of benzene rings is 1. The predicted molar refractivity (Wildman–Crippen MR) is 55.1 cm³/mol. The average molecular weight is 325 g/mol. The molecule has 0 heterocycles. The van der Waals surface area contributed by atoms with Crippen LogP contribution in [0.25, 0.3) is 0 Å². The van der Waals surface area contributed by atoms with Crippen LogP contribution in [0.5, 0.6) is 0 Å². The Morgan fingerprint density at radius 1 is 1.38 bits per heavy atom. The van der Waals surface area contributed by atoms with E-state index in [2.05, 4.69) is 12.1 Å². The average Bonchev–Trinajstić information content (AvgIpc) is 2.05. The fraction of sp³-hybridized carbons (Fsp3) is 0.200. The van der Waals surface area contributed by atoms with Gasteiger partial charge >= 0.3 is 0 Å². The van der Waals surface area contributed by atoms with E-state index in [0.717, 1.165) is 11.4 Å². The Morgan fingerprint density at radius 3 is 2.54 bits per heavy atom. The molecule has 0 fully saturated rings. The summed E-state index contributed by atoms with van der Waals surface area (Å²) in [7, 11) is 0. The SMILES string of the molecule is CC(=O)CC=[SH]c1ccccc1.[Nd]. The van der Waals surface area contributed by atoms with Gasteiger partial charge in [0.2, 0.25) is 0 Å². The topological polar surface area (TPSA) is 17.1 Å². The molecule has 0 unspecified atom stereocenters. The number of hydrogen-bond acceptors (Lipinski definition) is 1. The van der Waals surface area contributed by atoms with E-state index in [1.54, 1.807) is 6.92 Å². The molecule has 0 saturated carbocycles. The Bertz CT molecular complexity index is 282. The second-order valence-electron chi connectivity index (χ2n) is 2.55. The smallest absolute Gasteiger partial charge is 0.134 e. The maximum atomic E-state index is 10.6. The molecular weight excluding hydrogens is 312 g/mol. The molecule has 0 bridgehead atoms. The van der Waals surface area contributed by atoms with Gasteiger partial charge in [-0.25, -0.2) is 0 Å². The number of ketones is 1. The van der Waals surface area contributed by atoms with E-state index in [1.807, 2.05) is 23.6 Å². The molecule has 68 valence electrons. The zero-order valence-corrected chi connectivity index (χ0v) is 11.6. The van der Waals surface area contributed by atoms with Gasteiger partial charge in [-0.1, -0.05) is 23.6 Å². The second-order valence-corrected chi connectivity index (χ2v) is 3.69. The van der Waals surface area contributed by atoms with Crippen molar-refractivity contribution in [2.45, 2.75) is 18.2 Å². The Balaban J connectivity index is 0.00000144. The van der Waals surface area contributed by atoms with Crippen LogP contribution in [0.2, 0.25) is 0 Å². The normalized spacial score (nSPS) is 10.2. The van der Waals surface area contributed by atoms with Crippen LogP contribution in [0.4, 0.5) is 0 Å². The first-order valence-corrected chi connectivity index (χ1v) is 4.82. The van der Waals surface area contributed by atoms with Gasteiger partial charge in [0.15, 0.2) is 0 Å². The van der Waals surface area contributed by atoms with Crippen molar-refractivity contribution in [3.63, 3.8) is 0 Å². The first-order chi connectivity index (χ1) is 5.79. The van der Waals surface area contributed by atoms with E-state index in [0.29, 0.717) is 6.42 Å². The third-order valence-corrected chi connectivity index (χ3v) is 2.34. The van der Waals surface area contributed by atoms with Crippen LogP contribution >= 0.6 is 11.4 Å². The second kappa shape index (κ2) is 7.83. The summed E-state index contributed by atoms with van der Waals surface area (Å²) in [4.78, 5) is 11.8. The zero-order chi connectivity index (χ0) is 8.81. The van der Waals surface area contributed by atoms with Crippen molar-refractivity contribution in [3.05, 3.63) is 30.3 Å². The Kier molecular flexibility index (Phi) is 8.10. The van der Waals surface area contributed by atoms with Crippen LogP contribution in [0.15, 0.2) is 35.2 Å². The van der Waals surface area contributed by atoms with E-state index in [9.17, 15) is 4.79 Å². The van der Waals surface area contributed by atoms with Crippen molar-refractivity contribution >= 4 is 22.5 Å². The van der Waals surface area contributed by atoms with Gasteiger partial charge in [-0.05, 0) is 24.0 Å². The van der Waals surface area contributed by atoms with Crippen molar-refractivity contribution in [1.82, 2.24) is 0 Å². The quantitative estimate of drug-likeness (QED) is 0.667. The molecule has 1 aromatic rings. The van der Waals surface area contributed by atoms with Crippen LogP contribution in [0.1, 0.15) is 13.3 Å². The van der Waals surface area contributed by atoms with Crippen molar-refractivity contribution < 1.29 is 45.6 Å². The van der Waals surface area contributed by atoms with Crippen molar-refractivity contribution in [2.75, 3.05) is 0 Å².